The molecule has 7 heteroatoms. The van der Waals surface area contributed by atoms with Crippen LogP contribution < -0.4 is 9.46 Å². The predicted octanol–water partition coefficient (Wildman–Crippen LogP) is 1.03. The highest BCUT2D eigenvalue weighted by Crippen LogP contribution is 2.28. The predicted molar refractivity (Wildman–Crippen MR) is 77.7 cm³/mol. The largest absolute Gasteiger partial charge is 0.495 e. The molecule has 0 aliphatic carbocycles. The third kappa shape index (κ3) is 3.74. The van der Waals surface area contributed by atoms with Crippen LogP contribution in [0.25, 0.3) is 0 Å². The van der Waals surface area contributed by atoms with E-state index in [9.17, 15) is 8.42 Å². The Kier molecular flexibility index (Phi) is 4.88. The van der Waals surface area contributed by atoms with Crippen molar-refractivity contribution in [3.8, 4) is 5.75 Å². The molecule has 1 aliphatic rings. The highest BCUT2D eigenvalue weighted by molar-refractivity contribution is 7.89. The molecule has 1 aliphatic heterocycles. The number of rotatable bonds is 5. The van der Waals surface area contributed by atoms with Crippen molar-refractivity contribution in [1.82, 2.24) is 4.72 Å². The van der Waals surface area contributed by atoms with Gasteiger partial charge in [-0.1, -0.05) is 6.07 Å². The van der Waals surface area contributed by atoms with Crippen LogP contribution in [0.5, 0.6) is 5.75 Å². The number of sulfonamides is 1. The lowest BCUT2D eigenvalue weighted by Crippen LogP contribution is -2.51. The molecule has 1 saturated heterocycles. The maximum atomic E-state index is 12.6. The van der Waals surface area contributed by atoms with E-state index in [0.717, 1.165) is 12.8 Å². The fraction of sp³-hybridized carbons (Fsp3) is 0.571. The van der Waals surface area contributed by atoms with Crippen molar-refractivity contribution < 1.29 is 23.0 Å². The van der Waals surface area contributed by atoms with E-state index >= 15 is 0 Å². The molecule has 1 fully saturated rings. The maximum Gasteiger partial charge on any atom is 0.244 e. The van der Waals surface area contributed by atoms with Crippen LogP contribution in [0, 0.1) is 0 Å². The van der Waals surface area contributed by atoms with Gasteiger partial charge in [0, 0.05) is 6.61 Å². The zero-order chi connectivity index (χ0) is 15.5. The summed E-state index contributed by atoms with van der Waals surface area (Å²) < 4.78 is 38.4. The topological polar surface area (TPSA) is 84.9 Å². The summed E-state index contributed by atoms with van der Waals surface area (Å²) in [4.78, 5) is 0.0639. The van der Waals surface area contributed by atoms with Gasteiger partial charge in [-0.2, -0.15) is 0 Å². The molecule has 0 saturated carbocycles. The number of hydrogen-bond acceptors (Lipinski definition) is 5. The molecule has 2 N–H and O–H groups in total. The number of hydrogen-bond donors (Lipinski definition) is 2. The number of benzene rings is 1. The summed E-state index contributed by atoms with van der Waals surface area (Å²) in [6.07, 6.45) is 1.54. The quantitative estimate of drug-likeness (QED) is 0.848. The normalized spacial score (nSPS) is 23.0. The first-order valence-corrected chi connectivity index (χ1v) is 8.28. The highest BCUT2D eigenvalue weighted by atomic mass is 32.2. The van der Waals surface area contributed by atoms with Gasteiger partial charge in [0.1, 0.15) is 10.6 Å². The van der Waals surface area contributed by atoms with E-state index in [1.807, 2.05) is 6.92 Å². The van der Waals surface area contributed by atoms with Gasteiger partial charge in [0.05, 0.1) is 25.9 Å². The smallest absolute Gasteiger partial charge is 0.244 e. The van der Waals surface area contributed by atoms with Crippen LogP contribution in [-0.4, -0.2) is 39.4 Å². The second kappa shape index (κ2) is 6.31. The van der Waals surface area contributed by atoms with Gasteiger partial charge in [-0.15, -0.1) is 0 Å². The van der Waals surface area contributed by atoms with Crippen molar-refractivity contribution >= 4 is 10.0 Å². The summed E-state index contributed by atoms with van der Waals surface area (Å²) in [5.74, 6) is 0.217. The fourth-order valence-electron chi connectivity index (χ4n) is 2.43. The lowest BCUT2D eigenvalue weighted by molar-refractivity contribution is 0.0386. The number of aliphatic hydroxyl groups is 1. The van der Waals surface area contributed by atoms with Gasteiger partial charge in [-0.05, 0) is 37.5 Å². The lowest BCUT2D eigenvalue weighted by atomic mass is 9.97. The first-order chi connectivity index (χ1) is 9.90. The van der Waals surface area contributed by atoms with Crippen molar-refractivity contribution in [3.63, 3.8) is 0 Å². The summed E-state index contributed by atoms with van der Waals surface area (Å²) in [7, 11) is -2.32. The molecule has 0 amide bonds. The molecule has 0 spiro atoms. The van der Waals surface area contributed by atoms with E-state index in [-0.39, 0.29) is 17.3 Å². The average Bonchev–Trinajstić information content (AvgIpc) is 2.46. The molecule has 0 bridgehead atoms. The third-order valence-corrected chi connectivity index (χ3v) is 5.20. The van der Waals surface area contributed by atoms with Gasteiger partial charge < -0.3 is 14.6 Å². The lowest BCUT2D eigenvalue weighted by Gasteiger charge is -2.34. The van der Waals surface area contributed by atoms with Gasteiger partial charge in [0.25, 0.3) is 0 Å². The second-order valence-corrected chi connectivity index (χ2v) is 7.12. The fourth-order valence-corrected chi connectivity index (χ4v) is 4.00. The van der Waals surface area contributed by atoms with Gasteiger partial charge in [-0.25, -0.2) is 13.1 Å². The maximum absolute atomic E-state index is 12.6. The minimum Gasteiger partial charge on any atom is -0.495 e. The molecular formula is C14H21NO5S. The van der Waals surface area contributed by atoms with Gasteiger partial charge in [0.2, 0.25) is 10.0 Å². The van der Waals surface area contributed by atoms with E-state index < -0.39 is 15.6 Å². The van der Waals surface area contributed by atoms with Crippen LogP contribution in [0.3, 0.4) is 0 Å². The molecule has 1 atom stereocenters. The molecule has 118 valence electrons. The van der Waals surface area contributed by atoms with Crippen LogP contribution >= 0.6 is 0 Å². The zero-order valence-electron chi connectivity index (χ0n) is 12.3. The average molecular weight is 315 g/mol. The molecular weight excluding hydrogens is 294 g/mol. The number of nitrogens with one attached hydrogen (secondary N) is 1. The van der Waals surface area contributed by atoms with E-state index in [0.29, 0.717) is 18.8 Å². The third-order valence-electron chi connectivity index (χ3n) is 3.52. The number of aliphatic hydroxyl groups excluding tert-OH is 1. The van der Waals surface area contributed by atoms with Crippen LogP contribution in [0.1, 0.15) is 25.3 Å². The summed E-state index contributed by atoms with van der Waals surface area (Å²) in [6.45, 7) is 2.67. The second-order valence-electron chi connectivity index (χ2n) is 5.47. The molecule has 1 aromatic rings. The van der Waals surface area contributed by atoms with E-state index in [1.165, 1.54) is 19.2 Å². The Morgan fingerprint density at radius 1 is 1.48 bits per heavy atom. The molecule has 2 rings (SSSR count). The summed E-state index contributed by atoms with van der Waals surface area (Å²) in [6, 6.07) is 4.53. The van der Waals surface area contributed by atoms with Gasteiger partial charge >= 0.3 is 0 Å². The van der Waals surface area contributed by atoms with Crippen molar-refractivity contribution in [3.05, 3.63) is 23.8 Å². The molecule has 0 radical (unpaired) electrons. The molecule has 1 heterocycles. The van der Waals surface area contributed by atoms with Crippen molar-refractivity contribution in [2.24, 2.45) is 0 Å². The molecule has 6 nitrogen and oxygen atoms in total. The number of methoxy groups -OCH3 is 1. The Hall–Kier alpha value is -1.15. The Morgan fingerprint density at radius 2 is 2.24 bits per heavy atom. The molecule has 1 unspecified atom stereocenters. The Labute approximate surface area is 125 Å². The minimum absolute atomic E-state index is 0.0639. The van der Waals surface area contributed by atoms with Gasteiger partial charge in [-0.3, -0.25) is 0 Å². The Bertz CT molecular complexity index is 593. The molecule has 1 aromatic carbocycles. The summed E-state index contributed by atoms with van der Waals surface area (Å²) >= 11 is 0. The minimum atomic E-state index is -3.72. The van der Waals surface area contributed by atoms with Crippen molar-refractivity contribution in [1.29, 1.82) is 0 Å². The van der Waals surface area contributed by atoms with Crippen molar-refractivity contribution in [2.75, 3.05) is 20.3 Å². The van der Waals surface area contributed by atoms with E-state index in [1.54, 1.807) is 6.07 Å². The molecule has 0 aromatic heterocycles. The summed E-state index contributed by atoms with van der Waals surface area (Å²) in [5, 5.41) is 9.12. The first-order valence-electron chi connectivity index (χ1n) is 6.80. The van der Waals surface area contributed by atoms with Crippen LogP contribution in [0.4, 0.5) is 0 Å². The first kappa shape index (κ1) is 16.2. The van der Waals surface area contributed by atoms with Crippen LogP contribution in [0.15, 0.2) is 23.1 Å². The van der Waals surface area contributed by atoms with Crippen LogP contribution in [0.2, 0.25) is 0 Å². The zero-order valence-corrected chi connectivity index (χ0v) is 13.1. The summed E-state index contributed by atoms with van der Waals surface area (Å²) in [5.41, 5.74) is -0.0180. The molecule has 21 heavy (non-hydrogen) atoms. The number of ether oxygens (including phenoxy) is 2. The standard InChI is InChI=1S/C14H21NO5S/c1-14(6-3-7-20-10-14)15-21(17,18)13-5-4-11(9-16)8-12(13)19-2/h4-5,8,15-16H,3,6-7,9-10H2,1-2H3. The Balaban J connectivity index is 2.30. The monoisotopic (exact) mass is 315 g/mol. The van der Waals surface area contributed by atoms with Crippen molar-refractivity contribution in [2.45, 2.75) is 36.8 Å². The van der Waals surface area contributed by atoms with Gasteiger partial charge in [0.15, 0.2) is 0 Å². The Morgan fingerprint density at radius 3 is 2.81 bits per heavy atom. The highest BCUT2D eigenvalue weighted by Gasteiger charge is 2.34. The van der Waals surface area contributed by atoms with E-state index in [2.05, 4.69) is 4.72 Å². The van der Waals surface area contributed by atoms with Crippen LogP contribution in [-0.2, 0) is 21.4 Å². The van der Waals surface area contributed by atoms with E-state index in [4.69, 9.17) is 14.6 Å². The SMILES string of the molecule is COc1cc(CO)ccc1S(=O)(=O)NC1(C)CCCOC1.